The summed E-state index contributed by atoms with van der Waals surface area (Å²) >= 11 is 0. The predicted molar refractivity (Wildman–Crippen MR) is 46.9 cm³/mol. The summed E-state index contributed by atoms with van der Waals surface area (Å²) in [5.41, 5.74) is 2.54. The van der Waals surface area contributed by atoms with Gasteiger partial charge in [-0.3, -0.25) is 0 Å². The van der Waals surface area contributed by atoms with Crippen LogP contribution in [0.25, 0.3) is 0 Å². The van der Waals surface area contributed by atoms with Gasteiger partial charge in [-0.25, -0.2) is 0 Å². The Morgan fingerprint density at radius 3 is 2.40 bits per heavy atom. The second-order valence-electron chi connectivity index (χ2n) is 2.39. The van der Waals surface area contributed by atoms with Crippen molar-refractivity contribution in [3.05, 3.63) is 23.4 Å². The Labute approximate surface area is 63.8 Å². The van der Waals surface area contributed by atoms with Crippen LogP contribution in [-0.2, 0) is 0 Å². The summed E-state index contributed by atoms with van der Waals surface area (Å²) in [4.78, 5) is 0. The van der Waals surface area contributed by atoms with Crippen LogP contribution in [0.5, 0.6) is 0 Å². The van der Waals surface area contributed by atoms with Crippen molar-refractivity contribution in [1.82, 2.24) is 5.32 Å². The zero-order chi connectivity index (χ0) is 7.98. The second kappa shape index (κ2) is 5.10. The maximum absolute atomic E-state index is 3.23. The van der Waals surface area contributed by atoms with Crippen molar-refractivity contribution in [2.75, 3.05) is 6.54 Å². The largest absolute Gasteiger partial charge is 0.389 e. The van der Waals surface area contributed by atoms with Crippen LogP contribution in [-0.4, -0.2) is 6.54 Å². The van der Waals surface area contributed by atoms with Gasteiger partial charge in [0.25, 0.3) is 0 Å². The van der Waals surface area contributed by atoms with Gasteiger partial charge in [-0.05, 0) is 33.8 Å². The predicted octanol–water partition coefficient (Wildman–Crippen LogP) is 2.47. The highest BCUT2D eigenvalue weighted by Crippen LogP contribution is 1.97. The molecule has 1 heteroatoms. The Hall–Kier alpha value is -0.720. The van der Waals surface area contributed by atoms with E-state index in [1.54, 1.807) is 0 Å². The lowest BCUT2D eigenvalue weighted by Crippen LogP contribution is -2.08. The lowest BCUT2D eigenvalue weighted by atomic mass is 10.2. The molecular formula is C9H17N. The van der Waals surface area contributed by atoms with E-state index in [-0.39, 0.29) is 0 Å². The fourth-order valence-corrected chi connectivity index (χ4v) is 0.755. The van der Waals surface area contributed by atoms with Gasteiger partial charge in [-0.2, -0.15) is 0 Å². The maximum Gasteiger partial charge on any atom is 0.0115 e. The molecular weight excluding hydrogens is 122 g/mol. The third-order valence-corrected chi connectivity index (χ3v) is 1.36. The Morgan fingerprint density at radius 2 is 2.00 bits per heavy atom. The third kappa shape index (κ3) is 4.19. The van der Waals surface area contributed by atoms with Crippen LogP contribution in [0.1, 0.15) is 27.7 Å². The minimum absolute atomic E-state index is 0.999. The first-order valence-corrected chi connectivity index (χ1v) is 3.75. The van der Waals surface area contributed by atoms with Crippen molar-refractivity contribution in [3.63, 3.8) is 0 Å². The Morgan fingerprint density at radius 1 is 1.40 bits per heavy atom. The molecule has 1 N–H and O–H groups in total. The molecule has 0 aromatic carbocycles. The van der Waals surface area contributed by atoms with Crippen LogP contribution in [0.2, 0.25) is 0 Å². The fourth-order valence-electron chi connectivity index (χ4n) is 0.755. The Kier molecular flexibility index (Phi) is 4.73. The normalized spacial score (nSPS) is 13.6. The van der Waals surface area contributed by atoms with E-state index >= 15 is 0 Å². The van der Waals surface area contributed by atoms with Gasteiger partial charge in [0.2, 0.25) is 0 Å². The highest BCUT2D eigenvalue weighted by Gasteiger charge is 1.83. The van der Waals surface area contributed by atoms with Gasteiger partial charge >= 0.3 is 0 Å². The molecule has 0 fully saturated rings. The summed E-state index contributed by atoms with van der Waals surface area (Å²) in [6.07, 6.45) is 4.24. The zero-order valence-corrected chi connectivity index (χ0v) is 7.36. The standard InChI is InChI=1S/C9H17N/c1-5-8(3)7-9(4)10-6-2/h5,7,10H,6H2,1-4H3/b8-5-,9-7-. The molecule has 0 saturated carbocycles. The molecule has 0 aliphatic rings. The number of allylic oxidation sites excluding steroid dienone is 4. The molecule has 0 spiro atoms. The van der Waals surface area contributed by atoms with Gasteiger partial charge in [-0.1, -0.05) is 11.6 Å². The van der Waals surface area contributed by atoms with E-state index < -0.39 is 0 Å². The molecule has 0 aliphatic heterocycles. The molecule has 0 aliphatic carbocycles. The molecule has 0 atom stereocenters. The molecule has 0 rings (SSSR count). The van der Waals surface area contributed by atoms with E-state index in [0.717, 1.165) is 6.54 Å². The SMILES string of the molecule is C/C=C(C)\C=C(\C)NCC. The van der Waals surface area contributed by atoms with E-state index in [9.17, 15) is 0 Å². The summed E-state index contributed by atoms with van der Waals surface area (Å²) in [5.74, 6) is 0. The average molecular weight is 139 g/mol. The highest BCUT2D eigenvalue weighted by molar-refractivity contribution is 5.18. The lowest BCUT2D eigenvalue weighted by molar-refractivity contribution is 0.852. The molecule has 0 radical (unpaired) electrons. The van der Waals surface area contributed by atoms with Crippen molar-refractivity contribution in [3.8, 4) is 0 Å². The zero-order valence-electron chi connectivity index (χ0n) is 7.36. The first-order chi connectivity index (χ1) is 4.70. The van der Waals surface area contributed by atoms with E-state index in [2.05, 4.69) is 38.2 Å². The third-order valence-electron chi connectivity index (χ3n) is 1.36. The van der Waals surface area contributed by atoms with Gasteiger partial charge in [0.15, 0.2) is 0 Å². The van der Waals surface area contributed by atoms with Crippen LogP contribution < -0.4 is 5.32 Å². The number of hydrogen-bond donors (Lipinski definition) is 1. The number of nitrogens with one attached hydrogen (secondary N) is 1. The molecule has 0 bridgehead atoms. The Bertz CT molecular complexity index is 143. The van der Waals surface area contributed by atoms with Gasteiger partial charge in [-0.15, -0.1) is 0 Å². The van der Waals surface area contributed by atoms with Gasteiger partial charge < -0.3 is 5.32 Å². The summed E-state index contributed by atoms with van der Waals surface area (Å²) < 4.78 is 0. The monoisotopic (exact) mass is 139 g/mol. The van der Waals surface area contributed by atoms with E-state index in [1.165, 1.54) is 11.3 Å². The van der Waals surface area contributed by atoms with Crippen LogP contribution in [0.15, 0.2) is 23.4 Å². The molecule has 1 nitrogen and oxygen atoms in total. The lowest BCUT2D eigenvalue weighted by Gasteiger charge is -2.01. The van der Waals surface area contributed by atoms with Crippen molar-refractivity contribution in [1.29, 1.82) is 0 Å². The van der Waals surface area contributed by atoms with Crippen molar-refractivity contribution in [2.45, 2.75) is 27.7 Å². The van der Waals surface area contributed by atoms with Gasteiger partial charge in [0.1, 0.15) is 0 Å². The van der Waals surface area contributed by atoms with Crippen molar-refractivity contribution >= 4 is 0 Å². The smallest absolute Gasteiger partial charge is 0.0115 e. The first kappa shape index (κ1) is 9.28. The minimum Gasteiger partial charge on any atom is -0.389 e. The summed E-state index contributed by atoms with van der Waals surface area (Å²) in [6.45, 7) is 9.32. The average Bonchev–Trinajstić information content (AvgIpc) is 1.88. The highest BCUT2D eigenvalue weighted by atomic mass is 14.9. The summed E-state index contributed by atoms with van der Waals surface area (Å²) in [5, 5.41) is 3.23. The fraction of sp³-hybridized carbons (Fsp3) is 0.556. The second-order valence-corrected chi connectivity index (χ2v) is 2.39. The molecule has 10 heavy (non-hydrogen) atoms. The van der Waals surface area contributed by atoms with E-state index in [0.29, 0.717) is 0 Å². The van der Waals surface area contributed by atoms with Crippen molar-refractivity contribution in [2.24, 2.45) is 0 Å². The van der Waals surface area contributed by atoms with Crippen molar-refractivity contribution < 1.29 is 0 Å². The number of rotatable bonds is 3. The minimum atomic E-state index is 0.999. The maximum atomic E-state index is 3.23. The molecule has 0 amide bonds. The molecule has 58 valence electrons. The Balaban J connectivity index is 3.90. The summed E-state index contributed by atoms with van der Waals surface area (Å²) in [6, 6.07) is 0. The van der Waals surface area contributed by atoms with Crippen LogP contribution >= 0.6 is 0 Å². The molecule has 0 saturated heterocycles. The van der Waals surface area contributed by atoms with E-state index in [1.807, 2.05) is 6.92 Å². The van der Waals surface area contributed by atoms with Gasteiger partial charge in [0, 0.05) is 12.2 Å². The van der Waals surface area contributed by atoms with E-state index in [4.69, 9.17) is 0 Å². The van der Waals surface area contributed by atoms with Gasteiger partial charge in [0.05, 0.1) is 0 Å². The molecule has 0 heterocycles. The molecule has 0 aromatic rings. The topological polar surface area (TPSA) is 12.0 Å². The quantitative estimate of drug-likeness (QED) is 0.592. The first-order valence-electron chi connectivity index (χ1n) is 3.75. The molecule has 0 unspecified atom stereocenters. The summed E-state index contributed by atoms with van der Waals surface area (Å²) in [7, 11) is 0. The molecule has 0 aromatic heterocycles. The van der Waals surface area contributed by atoms with Crippen LogP contribution in [0.4, 0.5) is 0 Å². The van der Waals surface area contributed by atoms with Crippen LogP contribution in [0.3, 0.4) is 0 Å². The van der Waals surface area contributed by atoms with Crippen LogP contribution in [0, 0.1) is 0 Å². The number of hydrogen-bond acceptors (Lipinski definition) is 1.